The van der Waals surface area contributed by atoms with Crippen molar-refractivity contribution in [1.29, 1.82) is 0 Å². The van der Waals surface area contributed by atoms with Crippen LogP contribution in [0.4, 0.5) is 0 Å². The van der Waals surface area contributed by atoms with Gasteiger partial charge < -0.3 is 15.4 Å². The van der Waals surface area contributed by atoms with E-state index in [-0.39, 0.29) is 5.91 Å². The summed E-state index contributed by atoms with van der Waals surface area (Å²) in [5.41, 5.74) is 3.84. The molecule has 5 heteroatoms. The highest BCUT2D eigenvalue weighted by Gasteiger charge is 2.10. The van der Waals surface area contributed by atoms with Crippen LogP contribution in [0, 0.1) is 0 Å². The van der Waals surface area contributed by atoms with Crippen molar-refractivity contribution in [2.24, 2.45) is 0 Å². The fourth-order valence-corrected chi connectivity index (χ4v) is 3.32. The van der Waals surface area contributed by atoms with E-state index in [0.29, 0.717) is 12.3 Å². The third kappa shape index (κ3) is 4.27. The largest absolute Gasteiger partial charge is 0.497 e. The van der Waals surface area contributed by atoms with Gasteiger partial charge in [-0.2, -0.15) is 0 Å². The lowest BCUT2D eigenvalue weighted by atomic mass is 10.1. The Morgan fingerprint density at radius 3 is 2.96 bits per heavy atom. The molecule has 2 N–H and O–H groups in total. The second-order valence-corrected chi connectivity index (χ2v) is 6.50. The molecular formula is C18H20N2O2S. The average molecular weight is 328 g/mol. The Morgan fingerprint density at radius 1 is 1.22 bits per heavy atom. The van der Waals surface area contributed by atoms with Crippen molar-refractivity contribution in [3.63, 3.8) is 0 Å². The van der Waals surface area contributed by atoms with Crippen LogP contribution in [0.1, 0.15) is 16.7 Å². The molecule has 0 saturated heterocycles. The number of methoxy groups -OCH3 is 1. The van der Waals surface area contributed by atoms with E-state index in [4.69, 9.17) is 4.74 Å². The van der Waals surface area contributed by atoms with Gasteiger partial charge in [0, 0.05) is 24.5 Å². The number of benzene rings is 2. The minimum Gasteiger partial charge on any atom is -0.497 e. The Morgan fingerprint density at radius 2 is 2.09 bits per heavy atom. The van der Waals surface area contributed by atoms with Crippen LogP contribution in [0.3, 0.4) is 0 Å². The Bertz CT molecular complexity index is 703. The monoisotopic (exact) mass is 328 g/mol. The molecule has 1 aliphatic heterocycles. The van der Waals surface area contributed by atoms with Crippen molar-refractivity contribution >= 4 is 17.7 Å². The molecular weight excluding hydrogens is 308 g/mol. The van der Waals surface area contributed by atoms with E-state index in [1.165, 1.54) is 22.9 Å². The number of thioether (sulfide) groups is 1. The number of ether oxygens (including phenoxy) is 1. The number of carbonyl (C=O) groups is 1. The highest BCUT2D eigenvalue weighted by atomic mass is 32.2. The van der Waals surface area contributed by atoms with Crippen LogP contribution in [0.2, 0.25) is 0 Å². The second-order valence-electron chi connectivity index (χ2n) is 5.45. The van der Waals surface area contributed by atoms with Gasteiger partial charge in [-0.15, -0.1) is 11.8 Å². The predicted octanol–water partition coefficient (Wildman–Crippen LogP) is 2.71. The molecule has 0 aromatic heterocycles. The van der Waals surface area contributed by atoms with E-state index in [2.05, 4.69) is 28.8 Å². The zero-order valence-electron chi connectivity index (χ0n) is 13.1. The fourth-order valence-electron chi connectivity index (χ4n) is 2.55. The van der Waals surface area contributed by atoms with Crippen molar-refractivity contribution < 1.29 is 9.53 Å². The molecule has 0 atom stereocenters. The van der Waals surface area contributed by atoms with Gasteiger partial charge in [-0.25, -0.2) is 0 Å². The first-order valence-corrected chi connectivity index (χ1v) is 8.58. The first kappa shape index (κ1) is 15.9. The Kier molecular flexibility index (Phi) is 5.20. The van der Waals surface area contributed by atoms with E-state index in [1.54, 1.807) is 7.11 Å². The smallest absolute Gasteiger partial charge is 0.230 e. The van der Waals surface area contributed by atoms with Crippen molar-refractivity contribution in [3.8, 4) is 5.75 Å². The van der Waals surface area contributed by atoms with E-state index in [9.17, 15) is 4.79 Å². The normalized spacial score (nSPS) is 12.7. The van der Waals surface area contributed by atoms with Crippen LogP contribution >= 0.6 is 11.8 Å². The third-order valence-electron chi connectivity index (χ3n) is 3.80. The van der Waals surface area contributed by atoms with Crippen molar-refractivity contribution in [3.05, 3.63) is 59.2 Å². The minimum atomic E-state index is 0.0384. The van der Waals surface area contributed by atoms with Gasteiger partial charge in [0.15, 0.2) is 0 Å². The van der Waals surface area contributed by atoms with Gasteiger partial charge in [-0.05, 0) is 34.9 Å². The van der Waals surface area contributed by atoms with Gasteiger partial charge in [0.05, 0.1) is 12.9 Å². The Labute approximate surface area is 140 Å². The van der Waals surface area contributed by atoms with Crippen molar-refractivity contribution in [2.75, 3.05) is 12.9 Å². The van der Waals surface area contributed by atoms with Gasteiger partial charge in [0.1, 0.15) is 5.75 Å². The predicted molar refractivity (Wildman–Crippen MR) is 92.6 cm³/mol. The second kappa shape index (κ2) is 7.53. The molecule has 0 spiro atoms. The Balaban J connectivity index is 1.48. The maximum absolute atomic E-state index is 12.0. The van der Waals surface area contributed by atoms with Crippen LogP contribution in [0.15, 0.2) is 47.4 Å². The number of hydrogen-bond donors (Lipinski definition) is 2. The molecule has 0 aliphatic carbocycles. The molecule has 4 nitrogen and oxygen atoms in total. The van der Waals surface area contributed by atoms with Crippen LogP contribution in [0.5, 0.6) is 5.75 Å². The molecule has 2 aromatic carbocycles. The topological polar surface area (TPSA) is 50.4 Å². The SMILES string of the molecule is COc1cccc(SCC(=O)NCc2ccc3c(c2)CNC3)c1. The zero-order valence-corrected chi connectivity index (χ0v) is 13.9. The van der Waals surface area contributed by atoms with E-state index in [0.717, 1.165) is 29.3 Å². The molecule has 0 saturated carbocycles. The maximum Gasteiger partial charge on any atom is 0.230 e. The standard InChI is InChI=1S/C18H20N2O2S/c1-22-16-3-2-4-17(8-16)23-12-18(21)20-9-13-5-6-14-10-19-11-15(14)7-13/h2-8,19H,9-12H2,1H3,(H,20,21). The third-order valence-corrected chi connectivity index (χ3v) is 4.80. The number of amides is 1. The lowest BCUT2D eigenvalue weighted by molar-refractivity contribution is -0.118. The van der Waals surface area contributed by atoms with Gasteiger partial charge in [-0.3, -0.25) is 4.79 Å². The molecule has 0 bridgehead atoms. The molecule has 2 aromatic rings. The molecule has 120 valence electrons. The summed E-state index contributed by atoms with van der Waals surface area (Å²) < 4.78 is 5.18. The molecule has 3 rings (SSSR count). The number of carbonyl (C=O) groups excluding carboxylic acids is 1. The average Bonchev–Trinajstić information content (AvgIpc) is 3.06. The van der Waals surface area contributed by atoms with Crippen molar-refractivity contribution in [1.82, 2.24) is 10.6 Å². The van der Waals surface area contributed by atoms with E-state index in [1.807, 2.05) is 24.3 Å². The molecule has 23 heavy (non-hydrogen) atoms. The summed E-state index contributed by atoms with van der Waals surface area (Å²) in [4.78, 5) is 13.0. The number of fused-ring (bicyclic) bond motifs is 1. The summed E-state index contributed by atoms with van der Waals surface area (Å²) in [6, 6.07) is 14.1. The van der Waals surface area contributed by atoms with Crippen LogP contribution in [-0.4, -0.2) is 18.8 Å². The van der Waals surface area contributed by atoms with Crippen LogP contribution in [0.25, 0.3) is 0 Å². The molecule has 1 heterocycles. The fraction of sp³-hybridized carbons (Fsp3) is 0.278. The van der Waals surface area contributed by atoms with Crippen molar-refractivity contribution in [2.45, 2.75) is 24.5 Å². The Hall–Kier alpha value is -1.98. The summed E-state index contributed by atoms with van der Waals surface area (Å²) in [6.45, 7) is 2.44. The summed E-state index contributed by atoms with van der Waals surface area (Å²) in [7, 11) is 1.64. The molecule has 1 aliphatic rings. The van der Waals surface area contributed by atoms with Crippen LogP contribution in [-0.2, 0) is 24.4 Å². The molecule has 0 fully saturated rings. The lowest BCUT2D eigenvalue weighted by Gasteiger charge is -2.08. The summed E-state index contributed by atoms with van der Waals surface area (Å²) in [6.07, 6.45) is 0. The van der Waals surface area contributed by atoms with Crippen LogP contribution < -0.4 is 15.4 Å². The highest BCUT2D eigenvalue weighted by Crippen LogP contribution is 2.22. The lowest BCUT2D eigenvalue weighted by Crippen LogP contribution is -2.24. The number of hydrogen-bond acceptors (Lipinski definition) is 4. The summed E-state index contributed by atoms with van der Waals surface area (Å²) in [5.74, 6) is 1.25. The van der Waals surface area contributed by atoms with E-state index >= 15 is 0 Å². The minimum absolute atomic E-state index is 0.0384. The first-order chi connectivity index (χ1) is 11.2. The van der Waals surface area contributed by atoms with Gasteiger partial charge >= 0.3 is 0 Å². The zero-order chi connectivity index (χ0) is 16.1. The molecule has 0 radical (unpaired) electrons. The van der Waals surface area contributed by atoms with Gasteiger partial charge in [-0.1, -0.05) is 24.3 Å². The van der Waals surface area contributed by atoms with E-state index < -0.39 is 0 Å². The summed E-state index contributed by atoms with van der Waals surface area (Å²) in [5, 5.41) is 6.30. The maximum atomic E-state index is 12.0. The molecule has 1 amide bonds. The molecule has 0 unspecified atom stereocenters. The van der Waals surface area contributed by atoms with Gasteiger partial charge in [0.2, 0.25) is 5.91 Å². The summed E-state index contributed by atoms with van der Waals surface area (Å²) >= 11 is 1.51. The van der Waals surface area contributed by atoms with Gasteiger partial charge in [0.25, 0.3) is 0 Å². The number of nitrogens with one attached hydrogen (secondary N) is 2. The highest BCUT2D eigenvalue weighted by molar-refractivity contribution is 8.00. The number of rotatable bonds is 6. The first-order valence-electron chi connectivity index (χ1n) is 7.59. The quantitative estimate of drug-likeness (QED) is 0.801.